The average molecular weight is 1760 g/mol. The molecule has 0 aliphatic heterocycles. The van der Waals surface area contributed by atoms with Crippen LogP contribution in [0.5, 0.6) is 0 Å². The average Bonchev–Trinajstić information content (AvgIpc) is 1.71. The van der Waals surface area contributed by atoms with Crippen molar-refractivity contribution in [1.29, 1.82) is 10.5 Å². The number of carboxylic acids is 1. The summed E-state index contributed by atoms with van der Waals surface area (Å²) in [5, 5.41) is 57.9. The van der Waals surface area contributed by atoms with Gasteiger partial charge in [-0.05, 0) is 99.2 Å². The van der Waals surface area contributed by atoms with Crippen molar-refractivity contribution in [1.82, 2.24) is 0 Å². The van der Waals surface area contributed by atoms with E-state index in [0.29, 0.717) is 148 Å². The number of benzene rings is 2. The van der Waals surface area contributed by atoms with E-state index in [4.69, 9.17) is 60.9 Å². The molecule has 0 amide bonds. The van der Waals surface area contributed by atoms with Crippen LogP contribution in [0.1, 0.15) is 330 Å². The summed E-state index contributed by atoms with van der Waals surface area (Å²) < 4.78 is 49.6. The van der Waals surface area contributed by atoms with Gasteiger partial charge >= 0.3 is 29.6 Å². The largest absolute Gasteiger partial charge is 1.00 e. The van der Waals surface area contributed by atoms with Crippen LogP contribution in [0.2, 0.25) is 0 Å². The van der Waals surface area contributed by atoms with Crippen molar-refractivity contribution in [3.05, 3.63) is 92.6 Å². The number of aliphatic hydroxyl groups excluding tert-OH is 1. The maximum atomic E-state index is 10.3. The zero-order valence-corrected chi connectivity index (χ0v) is 81.2. The standard InChI is InChI=1S/C50H81N5O7S.C48H79N5O5S.Na/c1-5-6-7-8-9-10-11-12-13-14-15-16-17-18-19-20-21-22-23-24-25-26-29-55(30-31-58-32-33-59-34-35-60-36-37-61-38-39-62-42-48(56)57)45-27-28-47(43(2)40-45)53-54-50-46(41-51)44(3)49(52-4)63-50;1-5-6-7-8-9-10-11-12-13-14-15-16-17-18-19-20-21-22-23-24-25-26-29-53(30-32-55-34-36-57-38-39-58-37-35-56-33-31-54)44-27-28-46(42(2)40-44)51-52-48-45(41-49)43(3)47(50-4)59-48;/h27-28,40H,5-26,29-39,42H2,1-3H3,(H,56,57);27-28,40,54H,5-26,29-39H2,1-3H3;/q;;+1/p-1. The van der Waals surface area contributed by atoms with Crippen LogP contribution in [0.15, 0.2) is 56.9 Å². The number of anilines is 2. The van der Waals surface area contributed by atoms with Gasteiger partial charge < -0.3 is 67.4 Å². The molecule has 0 saturated heterocycles. The van der Waals surface area contributed by atoms with Gasteiger partial charge in [0, 0.05) is 37.6 Å². The summed E-state index contributed by atoms with van der Waals surface area (Å²) in [5.41, 5.74) is 7.85. The van der Waals surface area contributed by atoms with Gasteiger partial charge in [0.1, 0.15) is 22.1 Å². The topological polar surface area (TPSA) is 256 Å². The Balaban J connectivity index is 0.000000828. The van der Waals surface area contributed by atoms with Crippen molar-refractivity contribution in [2.75, 3.05) is 162 Å². The Morgan fingerprint density at radius 1 is 0.374 bits per heavy atom. The van der Waals surface area contributed by atoms with Crippen LogP contribution in [0, 0.1) is 63.5 Å². The number of unbranched alkanes of at least 4 members (excludes halogenated alkanes) is 42. The second-order valence-corrected chi connectivity index (χ2v) is 34.0. The number of nitrogens with zero attached hydrogens (tertiary/aromatic N) is 10. The number of aryl methyl sites for hydroxylation is 2. The fraction of sp³-hybridized carbons (Fsp3) is 0.745. The molecule has 686 valence electrons. The Bertz CT molecular complexity index is 3460. The van der Waals surface area contributed by atoms with Gasteiger partial charge in [-0.3, -0.25) is 0 Å². The first kappa shape index (κ1) is 114. The van der Waals surface area contributed by atoms with Crippen LogP contribution >= 0.6 is 22.7 Å². The molecule has 4 rings (SSSR count). The Morgan fingerprint density at radius 2 is 0.618 bits per heavy atom. The number of azo groups is 2. The Kier molecular flexibility index (Phi) is 76.2. The van der Waals surface area contributed by atoms with Crippen LogP contribution in [-0.4, -0.2) is 163 Å². The fourth-order valence-corrected chi connectivity index (χ4v) is 16.2. The summed E-state index contributed by atoms with van der Waals surface area (Å²) in [6, 6.07) is 16.8. The summed E-state index contributed by atoms with van der Waals surface area (Å²) in [6.45, 7) is 37.6. The first-order valence-electron chi connectivity index (χ1n) is 47.3. The summed E-state index contributed by atoms with van der Waals surface area (Å²) in [6.07, 6.45) is 60.7. The number of aliphatic hydroxyl groups is 1. The number of rotatable bonds is 83. The second kappa shape index (κ2) is 82.4. The number of carboxylic acid groups (broad SMARTS) is 1. The van der Waals surface area contributed by atoms with E-state index in [1.54, 1.807) is 13.8 Å². The molecule has 2 heterocycles. The summed E-state index contributed by atoms with van der Waals surface area (Å²) in [4.78, 5) is 22.2. The van der Waals surface area contributed by atoms with Crippen molar-refractivity contribution in [3.63, 3.8) is 0 Å². The number of thiophene rings is 2. The molecule has 0 radical (unpaired) electrons. The van der Waals surface area contributed by atoms with Crippen molar-refractivity contribution >= 4 is 71.4 Å². The summed E-state index contributed by atoms with van der Waals surface area (Å²) in [5.74, 6) is -1.24. The smallest absolute Gasteiger partial charge is 0.548 e. The first-order chi connectivity index (χ1) is 60.0. The number of carbonyl (C=O) groups is 1. The minimum atomic E-state index is -1.24. The van der Waals surface area contributed by atoms with Gasteiger partial charge in [-0.25, -0.2) is 9.69 Å². The molecule has 0 aliphatic rings. The zero-order valence-electron chi connectivity index (χ0n) is 77.6. The van der Waals surface area contributed by atoms with Crippen LogP contribution < -0.4 is 44.5 Å². The van der Waals surface area contributed by atoms with E-state index in [-0.39, 0.29) is 42.8 Å². The Hall–Kier alpha value is -5.33. The van der Waals surface area contributed by atoms with E-state index in [9.17, 15) is 20.4 Å². The van der Waals surface area contributed by atoms with Gasteiger partial charge in [0.25, 0.3) is 0 Å². The molecule has 0 fully saturated rings. The van der Waals surface area contributed by atoms with Gasteiger partial charge in [0.05, 0.1) is 167 Å². The number of hydrogen-bond donors (Lipinski definition) is 1. The number of ether oxygens (including phenoxy) is 9. The molecule has 0 atom stereocenters. The quantitative estimate of drug-likeness (QED) is 0.0186. The number of aliphatic carboxylic acids is 1. The third-order valence-corrected chi connectivity index (χ3v) is 24.0. The molecule has 0 spiro atoms. The monoisotopic (exact) mass is 1760 g/mol. The molecular formula is C98H159N10NaO12S2. The minimum absolute atomic E-state index is 0. The predicted octanol–water partition coefficient (Wildman–Crippen LogP) is 23.1. The van der Waals surface area contributed by atoms with Gasteiger partial charge in [-0.2, -0.15) is 10.5 Å². The van der Waals surface area contributed by atoms with Gasteiger partial charge in [-0.15, -0.1) is 43.1 Å². The molecule has 22 nitrogen and oxygen atoms in total. The van der Waals surface area contributed by atoms with Crippen molar-refractivity contribution in [2.24, 2.45) is 20.5 Å². The number of nitriles is 2. The molecule has 0 aliphatic carbocycles. The van der Waals surface area contributed by atoms with Gasteiger partial charge in [0.15, 0.2) is 0 Å². The fourth-order valence-electron chi connectivity index (χ4n) is 14.5. The van der Waals surface area contributed by atoms with E-state index >= 15 is 0 Å². The molecule has 0 unspecified atom stereocenters. The zero-order chi connectivity index (χ0) is 87.9. The molecule has 0 saturated carbocycles. The minimum Gasteiger partial charge on any atom is -0.548 e. The maximum Gasteiger partial charge on any atom is 1.00 e. The third-order valence-electron chi connectivity index (χ3n) is 21.9. The molecule has 123 heavy (non-hydrogen) atoms. The molecule has 1 N–H and O–H groups in total. The SMILES string of the molecule is [C-]#[N+]c1sc(N=Nc2ccc(N(CCCCCCCCCCCCCCCCCCCCCCCC)CCOCCOCCOCCOCCO)cc2C)c(C#N)c1C.[C-]#[N+]c1sc(N=Nc2ccc(N(CCCCCCCCCCCCCCCCCCCCCCCC)CCOCCOCCOCCOCCOCC(=O)[O-])cc2C)c(C#N)c1C.[Na+]. The summed E-state index contributed by atoms with van der Waals surface area (Å²) in [7, 11) is 0. The molecule has 4 aromatic rings. The van der Waals surface area contributed by atoms with E-state index in [1.165, 1.54) is 292 Å². The normalized spacial score (nSPS) is 11.3. The summed E-state index contributed by atoms with van der Waals surface area (Å²) >= 11 is 2.40. The molecule has 2 aromatic carbocycles. The Morgan fingerprint density at radius 3 is 0.854 bits per heavy atom. The van der Waals surface area contributed by atoms with Crippen molar-refractivity contribution in [2.45, 2.75) is 324 Å². The predicted molar refractivity (Wildman–Crippen MR) is 499 cm³/mol. The number of hydrogen-bond acceptors (Lipinski definition) is 22. The van der Waals surface area contributed by atoms with E-state index in [0.717, 1.165) is 72.9 Å². The maximum absolute atomic E-state index is 10.3. The van der Waals surface area contributed by atoms with E-state index < -0.39 is 12.6 Å². The molecule has 25 heteroatoms. The van der Waals surface area contributed by atoms with Crippen LogP contribution in [-0.2, 0) is 47.4 Å². The Labute approximate surface area is 774 Å². The van der Waals surface area contributed by atoms with Crippen LogP contribution in [0.25, 0.3) is 9.69 Å². The second-order valence-electron chi connectivity index (χ2n) is 32.1. The van der Waals surface area contributed by atoms with E-state index in [1.807, 2.05) is 26.0 Å². The van der Waals surface area contributed by atoms with Crippen LogP contribution in [0.3, 0.4) is 0 Å². The number of carbonyl (C=O) groups excluding carboxylic acids is 1. The molecule has 0 bridgehead atoms. The molecular weight excluding hydrogens is 1600 g/mol. The van der Waals surface area contributed by atoms with Crippen molar-refractivity contribution in [3.8, 4) is 12.1 Å². The van der Waals surface area contributed by atoms with E-state index in [2.05, 4.69) is 90.2 Å². The molecule has 2 aromatic heterocycles. The first-order valence-corrected chi connectivity index (χ1v) is 49.0. The van der Waals surface area contributed by atoms with Crippen LogP contribution in [0.4, 0.5) is 42.8 Å². The third kappa shape index (κ3) is 59.4. The van der Waals surface area contributed by atoms with Gasteiger partial charge in [-0.1, -0.05) is 284 Å². The van der Waals surface area contributed by atoms with Gasteiger partial charge in [0.2, 0.25) is 10.0 Å². The van der Waals surface area contributed by atoms with Crippen molar-refractivity contribution < 1.29 is 87.2 Å².